The number of aromatic nitrogens is 1. The smallest absolute Gasteiger partial charge is 0.238 e. The van der Waals surface area contributed by atoms with Crippen LogP contribution in [0.1, 0.15) is 10.6 Å². The van der Waals surface area contributed by atoms with E-state index in [1.165, 1.54) is 35.6 Å². The molecule has 2 aromatic carbocycles. The summed E-state index contributed by atoms with van der Waals surface area (Å²) in [6.07, 6.45) is 0.555. The SMILES string of the molecule is NS(=O)(=O)c1ccc(Cc2nc(-c3ccc(O)c(O)c3)cs2)cc1. The van der Waals surface area contributed by atoms with Gasteiger partial charge in [0.2, 0.25) is 10.0 Å². The van der Waals surface area contributed by atoms with Crippen LogP contribution >= 0.6 is 11.3 Å². The van der Waals surface area contributed by atoms with Gasteiger partial charge in [-0.2, -0.15) is 0 Å². The Labute approximate surface area is 142 Å². The molecule has 3 rings (SSSR count). The number of benzene rings is 2. The van der Waals surface area contributed by atoms with Crippen LogP contribution < -0.4 is 5.14 Å². The van der Waals surface area contributed by atoms with Crippen molar-refractivity contribution in [3.63, 3.8) is 0 Å². The zero-order chi connectivity index (χ0) is 17.3. The summed E-state index contributed by atoms with van der Waals surface area (Å²) in [7, 11) is -3.69. The zero-order valence-electron chi connectivity index (χ0n) is 12.4. The van der Waals surface area contributed by atoms with E-state index in [0.717, 1.165) is 10.6 Å². The Kier molecular flexibility index (Phi) is 4.27. The maximum atomic E-state index is 11.2. The molecule has 1 aromatic heterocycles. The van der Waals surface area contributed by atoms with Crippen molar-refractivity contribution in [1.82, 2.24) is 4.98 Å². The van der Waals surface area contributed by atoms with Gasteiger partial charge in [-0.25, -0.2) is 18.5 Å². The molecule has 0 amide bonds. The van der Waals surface area contributed by atoms with E-state index in [-0.39, 0.29) is 16.4 Å². The van der Waals surface area contributed by atoms with Crippen molar-refractivity contribution < 1.29 is 18.6 Å². The molecule has 0 saturated heterocycles. The number of aromatic hydroxyl groups is 2. The van der Waals surface area contributed by atoms with E-state index in [1.807, 2.05) is 5.38 Å². The summed E-state index contributed by atoms with van der Waals surface area (Å²) in [5.74, 6) is -0.371. The standard InChI is InChI=1S/C16H14N2O4S2/c17-24(21,22)12-4-1-10(2-5-12)7-16-18-13(9-23-16)11-3-6-14(19)15(20)8-11/h1-6,8-9,19-20H,7H2,(H2,17,21,22). The van der Waals surface area contributed by atoms with Gasteiger partial charge in [0, 0.05) is 17.4 Å². The number of rotatable bonds is 4. The number of sulfonamides is 1. The number of hydrogen-bond acceptors (Lipinski definition) is 6. The van der Waals surface area contributed by atoms with Crippen LogP contribution in [0.15, 0.2) is 52.7 Å². The molecule has 0 spiro atoms. The molecule has 0 fully saturated rings. The third-order valence-electron chi connectivity index (χ3n) is 3.43. The largest absolute Gasteiger partial charge is 0.504 e. The fourth-order valence-electron chi connectivity index (χ4n) is 2.18. The molecule has 124 valence electrons. The first kappa shape index (κ1) is 16.4. The first-order valence-corrected chi connectivity index (χ1v) is 9.34. The molecule has 0 aliphatic rings. The molecule has 0 unspecified atom stereocenters. The molecule has 3 aromatic rings. The van der Waals surface area contributed by atoms with Crippen LogP contribution in [0.5, 0.6) is 11.5 Å². The highest BCUT2D eigenvalue weighted by Crippen LogP contribution is 2.31. The van der Waals surface area contributed by atoms with Crippen molar-refractivity contribution in [3.05, 3.63) is 58.4 Å². The first-order valence-electron chi connectivity index (χ1n) is 6.91. The molecule has 0 aliphatic carbocycles. The van der Waals surface area contributed by atoms with Gasteiger partial charge in [-0.15, -0.1) is 11.3 Å². The van der Waals surface area contributed by atoms with E-state index < -0.39 is 10.0 Å². The molecule has 4 N–H and O–H groups in total. The minimum absolute atomic E-state index is 0.0747. The number of phenolic OH excluding ortho intramolecular Hbond substituents is 2. The van der Waals surface area contributed by atoms with Crippen molar-refractivity contribution in [1.29, 1.82) is 0 Å². The van der Waals surface area contributed by atoms with E-state index in [9.17, 15) is 18.6 Å². The fourth-order valence-corrected chi connectivity index (χ4v) is 3.53. The second-order valence-electron chi connectivity index (χ2n) is 5.20. The summed E-state index contributed by atoms with van der Waals surface area (Å²) in [5, 5.41) is 26.7. The van der Waals surface area contributed by atoms with Crippen LogP contribution in [0.25, 0.3) is 11.3 Å². The highest BCUT2D eigenvalue weighted by molar-refractivity contribution is 7.89. The highest BCUT2D eigenvalue weighted by atomic mass is 32.2. The first-order chi connectivity index (χ1) is 11.3. The minimum Gasteiger partial charge on any atom is -0.504 e. The van der Waals surface area contributed by atoms with Crippen molar-refractivity contribution in [2.45, 2.75) is 11.3 Å². The summed E-state index contributed by atoms with van der Waals surface area (Å²) in [6.45, 7) is 0. The molecular weight excluding hydrogens is 348 g/mol. The topological polar surface area (TPSA) is 114 Å². The summed E-state index contributed by atoms with van der Waals surface area (Å²) >= 11 is 1.46. The molecule has 0 bridgehead atoms. The molecule has 6 nitrogen and oxygen atoms in total. The summed E-state index contributed by atoms with van der Waals surface area (Å²) < 4.78 is 22.5. The van der Waals surface area contributed by atoms with Gasteiger partial charge in [0.1, 0.15) is 0 Å². The Morgan fingerprint density at radius 2 is 1.75 bits per heavy atom. The summed E-state index contributed by atoms with van der Waals surface area (Å²) in [5.41, 5.74) is 2.32. The summed E-state index contributed by atoms with van der Waals surface area (Å²) in [4.78, 5) is 4.58. The Morgan fingerprint density at radius 3 is 2.38 bits per heavy atom. The average Bonchev–Trinajstić information content (AvgIpc) is 2.98. The second kappa shape index (κ2) is 6.23. The van der Waals surface area contributed by atoms with Gasteiger partial charge in [0.15, 0.2) is 11.5 Å². The molecule has 24 heavy (non-hydrogen) atoms. The molecule has 0 atom stereocenters. The van der Waals surface area contributed by atoms with Gasteiger partial charge in [0.05, 0.1) is 15.6 Å². The third-order valence-corrected chi connectivity index (χ3v) is 5.21. The Hall–Kier alpha value is -2.42. The normalized spacial score (nSPS) is 11.5. The molecular formula is C16H14N2O4S2. The van der Waals surface area contributed by atoms with Crippen molar-refractivity contribution in [2.24, 2.45) is 5.14 Å². The van der Waals surface area contributed by atoms with Crippen LogP contribution in [0.4, 0.5) is 0 Å². The predicted octanol–water partition coefficient (Wildman–Crippen LogP) is 2.46. The Balaban J connectivity index is 1.80. The fraction of sp³-hybridized carbons (Fsp3) is 0.0625. The lowest BCUT2D eigenvalue weighted by atomic mass is 10.1. The number of primary sulfonamides is 1. The van der Waals surface area contributed by atoms with Gasteiger partial charge in [-0.1, -0.05) is 12.1 Å². The van der Waals surface area contributed by atoms with Gasteiger partial charge in [-0.3, -0.25) is 0 Å². The maximum Gasteiger partial charge on any atom is 0.238 e. The molecule has 1 heterocycles. The predicted molar refractivity (Wildman–Crippen MR) is 91.5 cm³/mol. The van der Waals surface area contributed by atoms with E-state index in [1.54, 1.807) is 18.2 Å². The Bertz CT molecular complexity index is 980. The lowest BCUT2D eigenvalue weighted by Crippen LogP contribution is -2.11. The molecule has 8 heteroatoms. The van der Waals surface area contributed by atoms with Crippen molar-refractivity contribution in [2.75, 3.05) is 0 Å². The highest BCUT2D eigenvalue weighted by Gasteiger charge is 2.10. The van der Waals surface area contributed by atoms with Crippen molar-refractivity contribution >= 4 is 21.4 Å². The molecule has 0 saturated carbocycles. The van der Waals surface area contributed by atoms with E-state index >= 15 is 0 Å². The number of phenols is 2. The van der Waals surface area contributed by atoms with E-state index in [0.29, 0.717) is 17.7 Å². The maximum absolute atomic E-state index is 11.2. The monoisotopic (exact) mass is 362 g/mol. The molecule has 0 radical (unpaired) electrons. The number of nitrogens with zero attached hydrogens (tertiary/aromatic N) is 1. The van der Waals surface area contributed by atoms with Gasteiger partial charge in [0.25, 0.3) is 0 Å². The van der Waals surface area contributed by atoms with Crippen LogP contribution in [0.2, 0.25) is 0 Å². The second-order valence-corrected chi connectivity index (χ2v) is 7.70. The summed E-state index contributed by atoms with van der Waals surface area (Å²) in [6, 6.07) is 10.9. The minimum atomic E-state index is -3.69. The zero-order valence-corrected chi connectivity index (χ0v) is 14.0. The number of thiazole rings is 1. The Morgan fingerprint density at radius 1 is 1.04 bits per heavy atom. The van der Waals surface area contributed by atoms with Crippen LogP contribution in [0, 0.1) is 0 Å². The van der Waals surface area contributed by atoms with E-state index in [4.69, 9.17) is 5.14 Å². The van der Waals surface area contributed by atoms with Crippen molar-refractivity contribution in [3.8, 4) is 22.8 Å². The number of nitrogens with two attached hydrogens (primary N) is 1. The lowest BCUT2D eigenvalue weighted by molar-refractivity contribution is 0.404. The molecule has 0 aliphatic heterocycles. The van der Waals surface area contributed by atoms with E-state index in [2.05, 4.69) is 4.98 Å². The third kappa shape index (κ3) is 3.56. The van der Waals surface area contributed by atoms with Gasteiger partial charge >= 0.3 is 0 Å². The van der Waals surface area contributed by atoms with Gasteiger partial charge in [-0.05, 0) is 35.9 Å². The number of hydrogen-bond donors (Lipinski definition) is 3. The average molecular weight is 362 g/mol. The van der Waals surface area contributed by atoms with Crippen LogP contribution in [0.3, 0.4) is 0 Å². The van der Waals surface area contributed by atoms with Crippen LogP contribution in [-0.2, 0) is 16.4 Å². The van der Waals surface area contributed by atoms with Crippen LogP contribution in [-0.4, -0.2) is 23.6 Å². The lowest BCUT2D eigenvalue weighted by Gasteiger charge is -2.02. The quantitative estimate of drug-likeness (QED) is 0.617. The van der Waals surface area contributed by atoms with Gasteiger partial charge < -0.3 is 10.2 Å².